The Balaban J connectivity index is 2.24. The second-order valence-electron chi connectivity index (χ2n) is 7.92. The molecular weight excluding hydrogens is 396 g/mol. The van der Waals surface area contributed by atoms with Gasteiger partial charge < -0.3 is 20.4 Å². The summed E-state index contributed by atoms with van der Waals surface area (Å²) >= 11 is 0. The molecule has 6 heteroatoms. The fourth-order valence-corrected chi connectivity index (χ4v) is 2.97. The molecule has 31 heavy (non-hydrogen) atoms. The fourth-order valence-electron chi connectivity index (χ4n) is 2.97. The highest BCUT2D eigenvalue weighted by molar-refractivity contribution is 6.14. The quantitative estimate of drug-likeness (QED) is 0.272. The van der Waals surface area contributed by atoms with Crippen LogP contribution in [0.15, 0.2) is 54.1 Å². The first kappa shape index (κ1) is 23.9. The number of benzene rings is 2. The highest BCUT2D eigenvalue weighted by Crippen LogP contribution is 2.30. The number of aliphatic hydroxyl groups excluding tert-OH is 1. The van der Waals surface area contributed by atoms with Gasteiger partial charge in [-0.3, -0.25) is 9.59 Å². The van der Waals surface area contributed by atoms with Crippen LogP contribution < -0.4 is 0 Å². The molecule has 1 atom stereocenters. The van der Waals surface area contributed by atoms with Crippen LogP contribution in [0.2, 0.25) is 0 Å². The maximum Gasteiger partial charge on any atom is 0.174 e. The highest BCUT2D eigenvalue weighted by Gasteiger charge is 2.20. The molecule has 0 saturated heterocycles. The molecule has 0 saturated carbocycles. The van der Waals surface area contributed by atoms with Crippen LogP contribution in [0.25, 0.3) is 0 Å². The first-order chi connectivity index (χ1) is 14.5. The molecule has 2 aromatic rings. The van der Waals surface area contributed by atoms with Crippen LogP contribution >= 0.6 is 0 Å². The number of aliphatic hydroxyl groups is 1. The maximum absolute atomic E-state index is 12.7. The van der Waals surface area contributed by atoms with Gasteiger partial charge in [0, 0.05) is 18.1 Å². The Kier molecular flexibility index (Phi) is 7.78. The van der Waals surface area contributed by atoms with Crippen molar-refractivity contribution in [2.45, 2.75) is 46.1 Å². The lowest BCUT2D eigenvalue weighted by Gasteiger charge is -2.13. The van der Waals surface area contributed by atoms with Crippen molar-refractivity contribution in [2.24, 2.45) is 0 Å². The molecule has 2 rings (SSSR count). The van der Waals surface area contributed by atoms with Gasteiger partial charge in [0.15, 0.2) is 11.6 Å². The van der Waals surface area contributed by atoms with Crippen LogP contribution in [0.1, 0.15) is 59.0 Å². The molecule has 0 heterocycles. The molecular formula is C25H28O6. The molecule has 0 amide bonds. The van der Waals surface area contributed by atoms with Gasteiger partial charge in [-0.2, -0.15) is 0 Å². The van der Waals surface area contributed by atoms with Gasteiger partial charge in [0.25, 0.3) is 0 Å². The summed E-state index contributed by atoms with van der Waals surface area (Å²) in [5.41, 5.74) is 2.56. The zero-order chi connectivity index (χ0) is 23.3. The number of phenols is 3. The monoisotopic (exact) mass is 424 g/mol. The number of carbonyl (C=O) groups is 2. The number of allylic oxidation sites excluding steroid dienone is 2. The van der Waals surface area contributed by atoms with Crippen LogP contribution in [0.5, 0.6) is 17.2 Å². The van der Waals surface area contributed by atoms with Crippen molar-refractivity contribution >= 4 is 11.6 Å². The van der Waals surface area contributed by atoms with Crippen LogP contribution in [-0.2, 0) is 12.8 Å². The number of aromatic hydroxyl groups is 3. The predicted molar refractivity (Wildman–Crippen MR) is 119 cm³/mol. The summed E-state index contributed by atoms with van der Waals surface area (Å²) in [6, 6.07) is 6.68. The third-order valence-corrected chi connectivity index (χ3v) is 4.93. The topological polar surface area (TPSA) is 115 Å². The van der Waals surface area contributed by atoms with Crippen LogP contribution in [0.4, 0.5) is 0 Å². The standard InChI is InChI=1S/C25H28O6/c1-14(2)5-6-17-10-19(25(31)13-23(17)29)24(30)12-22(28)16-7-8-20(26)18(9-16)11-21(27)15(3)4/h5,7-10,13,21,26-27,29,31H,3,6,11-12H2,1-2,4H3. The fraction of sp³-hybridized carbons (Fsp3) is 0.280. The van der Waals surface area contributed by atoms with Gasteiger partial charge in [0.2, 0.25) is 0 Å². The van der Waals surface area contributed by atoms with E-state index in [0.29, 0.717) is 23.1 Å². The van der Waals surface area contributed by atoms with Crippen LogP contribution in [0, 0.1) is 0 Å². The number of hydrogen-bond acceptors (Lipinski definition) is 6. The number of carbonyl (C=O) groups excluding carboxylic acids is 2. The third kappa shape index (κ3) is 6.30. The molecule has 0 fully saturated rings. The molecule has 0 bridgehead atoms. The van der Waals surface area contributed by atoms with Gasteiger partial charge in [-0.15, -0.1) is 0 Å². The maximum atomic E-state index is 12.7. The first-order valence-electron chi connectivity index (χ1n) is 9.89. The van der Waals surface area contributed by atoms with Crippen molar-refractivity contribution in [3.05, 3.63) is 76.4 Å². The Morgan fingerprint density at radius 3 is 2.23 bits per heavy atom. The molecule has 0 radical (unpaired) electrons. The summed E-state index contributed by atoms with van der Waals surface area (Å²) in [6.07, 6.45) is 0.986. The predicted octanol–water partition coefficient (Wildman–Crippen LogP) is 4.25. The van der Waals surface area contributed by atoms with Crippen molar-refractivity contribution in [2.75, 3.05) is 0 Å². The number of Topliss-reactive ketones (excluding diaryl/α,β-unsaturated/α-hetero) is 2. The number of rotatable bonds is 9. The van der Waals surface area contributed by atoms with Gasteiger partial charge in [0.05, 0.1) is 18.1 Å². The molecule has 1 unspecified atom stereocenters. The van der Waals surface area contributed by atoms with E-state index < -0.39 is 29.8 Å². The summed E-state index contributed by atoms with van der Waals surface area (Å²) in [5.74, 6) is -1.67. The normalized spacial score (nSPS) is 11.6. The minimum absolute atomic E-state index is 0.0417. The minimum atomic E-state index is -0.869. The second kappa shape index (κ2) is 10.1. The van der Waals surface area contributed by atoms with Gasteiger partial charge in [-0.05, 0) is 62.6 Å². The van der Waals surface area contributed by atoms with Gasteiger partial charge in [-0.1, -0.05) is 23.8 Å². The molecule has 6 nitrogen and oxygen atoms in total. The van der Waals surface area contributed by atoms with Crippen molar-refractivity contribution in [1.29, 1.82) is 0 Å². The lowest BCUT2D eigenvalue weighted by molar-refractivity contribution is 0.0893. The number of hydrogen-bond donors (Lipinski definition) is 4. The third-order valence-electron chi connectivity index (χ3n) is 4.93. The molecule has 164 valence electrons. The smallest absolute Gasteiger partial charge is 0.174 e. The average molecular weight is 424 g/mol. The van der Waals surface area contributed by atoms with Crippen LogP contribution in [0.3, 0.4) is 0 Å². The van der Waals surface area contributed by atoms with E-state index in [1.54, 1.807) is 6.92 Å². The SMILES string of the molecule is C=C(C)C(O)Cc1cc(C(=O)CC(=O)c2cc(CC=C(C)C)c(O)cc2O)ccc1O. The van der Waals surface area contributed by atoms with Gasteiger partial charge >= 0.3 is 0 Å². The molecule has 4 N–H and O–H groups in total. The van der Waals surface area contributed by atoms with Gasteiger partial charge in [0.1, 0.15) is 17.2 Å². The van der Waals surface area contributed by atoms with E-state index in [2.05, 4.69) is 6.58 Å². The molecule has 0 aliphatic carbocycles. The zero-order valence-electron chi connectivity index (χ0n) is 18.0. The number of phenolic OH excluding ortho intramolecular Hbond substituents is 3. The van der Waals surface area contributed by atoms with Crippen molar-refractivity contribution < 1.29 is 30.0 Å². The van der Waals surface area contributed by atoms with E-state index >= 15 is 0 Å². The Morgan fingerprint density at radius 2 is 1.61 bits per heavy atom. The van der Waals surface area contributed by atoms with E-state index in [1.807, 2.05) is 19.9 Å². The Hall–Kier alpha value is -3.38. The molecule has 0 aliphatic rings. The molecule has 0 spiro atoms. The van der Waals surface area contributed by atoms with Crippen LogP contribution in [-0.4, -0.2) is 38.1 Å². The Bertz CT molecular complexity index is 1040. The van der Waals surface area contributed by atoms with E-state index in [0.717, 1.165) is 11.6 Å². The first-order valence-corrected chi connectivity index (χ1v) is 9.89. The van der Waals surface area contributed by atoms with Gasteiger partial charge in [-0.25, -0.2) is 0 Å². The van der Waals surface area contributed by atoms with Crippen molar-refractivity contribution in [3.63, 3.8) is 0 Å². The average Bonchev–Trinajstić information content (AvgIpc) is 2.68. The summed E-state index contributed by atoms with van der Waals surface area (Å²) in [7, 11) is 0. The number of ketones is 2. The largest absolute Gasteiger partial charge is 0.508 e. The van der Waals surface area contributed by atoms with Crippen molar-refractivity contribution in [3.8, 4) is 17.2 Å². The van der Waals surface area contributed by atoms with Crippen molar-refractivity contribution in [1.82, 2.24) is 0 Å². The van der Waals surface area contributed by atoms with E-state index in [1.165, 1.54) is 24.3 Å². The van der Waals surface area contributed by atoms with E-state index in [4.69, 9.17) is 0 Å². The molecule has 0 aliphatic heterocycles. The summed E-state index contributed by atoms with van der Waals surface area (Å²) in [5, 5.41) is 40.1. The lowest BCUT2D eigenvalue weighted by Crippen LogP contribution is -2.13. The summed E-state index contributed by atoms with van der Waals surface area (Å²) in [4.78, 5) is 25.4. The Morgan fingerprint density at radius 1 is 0.935 bits per heavy atom. The Labute approximate surface area is 181 Å². The molecule has 2 aromatic carbocycles. The van der Waals surface area contributed by atoms with E-state index in [-0.39, 0.29) is 29.0 Å². The summed E-state index contributed by atoms with van der Waals surface area (Å²) in [6.45, 7) is 9.14. The highest BCUT2D eigenvalue weighted by atomic mass is 16.3. The lowest BCUT2D eigenvalue weighted by atomic mass is 9.95. The minimum Gasteiger partial charge on any atom is -0.508 e. The van der Waals surface area contributed by atoms with E-state index in [9.17, 15) is 30.0 Å². The summed E-state index contributed by atoms with van der Waals surface area (Å²) < 4.78 is 0. The molecule has 0 aromatic heterocycles. The second-order valence-corrected chi connectivity index (χ2v) is 7.92. The zero-order valence-corrected chi connectivity index (χ0v) is 18.0.